The lowest BCUT2D eigenvalue weighted by molar-refractivity contribution is 0.0694. The van der Waals surface area contributed by atoms with Gasteiger partial charge in [0, 0.05) is 16.7 Å². The van der Waals surface area contributed by atoms with Gasteiger partial charge in [0.05, 0.1) is 0 Å². The topological polar surface area (TPSA) is 59.3 Å². The van der Waals surface area contributed by atoms with Crippen LogP contribution in [0.15, 0.2) is 21.5 Å². The third-order valence-electron chi connectivity index (χ3n) is 2.31. The van der Waals surface area contributed by atoms with E-state index in [2.05, 4.69) is 15.9 Å². The quantitative estimate of drug-likeness (QED) is 0.919. The van der Waals surface area contributed by atoms with Crippen LogP contribution in [0.1, 0.15) is 36.7 Å². The van der Waals surface area contributed by atoms with E-state index >= 15 is 0 Å². The Morgan fingerprint density at radius 1 is 1.67 bits per heavy atom. The van der Waals surface area contributed by atoms with Gasteiger partial charge in [-0.3, -0.25) is 4.79 Å². The molecule has 0 amide bonds. The van der Waals surface area contributed by atoms with Crippen molar-refractivity contribution in [1.29, 1.82) is 0 Å². The number of aromatic carboxylic acids is 1. The second-order valence-corrected chi connectivity index (χ2v) is 4.26. The highest BCUT2D eigenvalue weighted by Crippen LogP contribution is 2.14. The maximum atomic E-state index is 11.7. The van der Waals surface area contributed by atoms with Crippen molar-refractivity contribution in [3.05, 3.63) is 32.7 Å². The van der Waals surface area contributed by atoms with Gasteiger partial charge >= 0.3 is 5.97 Å². The summed E-state index contributed by atoms with van der Waals surface area (Å²) in [7, 11) is 0. The van der Waals surface area contributed by atoms with Crippen LogP contribution in [-0.2, 0) is 0 Å². The molecule has 1 aromatic heterocycles. The van der Waals surface area contributed by atoms with E-state index in [4.69, 9.17) is 5.11 Å². The summed E-state index contributed by atoms with van der Waals surface area (Å²) in [6.07, 6.45) is 2.39. The van der Waals surface area contributed by atoms with Crippen LogP contribution in [0.2, 0.25) is 0 Å². The summed E-state index contributed by atoms with van der Waals surface area (Å²) in [5.41, 5.74) is -0.662. The summed E-state index contributed by atoms with van der Waals surface area (Å²) < 4.78 is 2.04. The highest BCUT2D eigenvalue weighted by atomic mass is 79.9. The molecular formula is C10H12BrNO3. The van der Waals surface area contributed by atoms with Gasteiger partial charge in [0.15, 0.2) is 0 Å². The highest BCUT2D eigenvalue weighted by Gasteiger charge is 2.14. The van der Waals surface area contributed by atoms with Crippen LogP contribution < -0.4 is 5.56 Å². The molecule has 0 saturated carbocycles. The summed E-state index contributed by atoms with van der Waals surface area (Å²) in [6.45, 7) is 3.82. The molecule has 0 bridgehead atoms. The Kier molecular flexibility index (Phi) is 3.68. The molecule has 15 heavy (non-hydrogen) atoms. The second-order valence-electron chi connectivity index (χ2n) is 3.35. The van der Waals surface area contributed by atoms with Crippen molar-refractivity contribution in [2.75, 3.05) is 0 Å². The van der Waals surface area contributed by atoms with Crippen molar-refractivity contribution in [2.24, 2.45) is 0 Å². The normalized spacial score (nSPS) is 12.5. The molecule has 1 aromatic rings. The minimum atomic E-state index is -1.20. The van der Waals surface area contributed by atoms with E-state index in [9.17, 15) is 9.59 Å². The first-order chi connectivity index (χ1) is 6.97. The van der Waals surface area contributed by atoms with Gasteiger partial charge in [-0.2, -0.15) is 0 Å². The summed E-state index contributed by atoms with van der Waals surface area (Å²) >= 11 is 3.19. The van der Waals surface area contributed by atoms with Crippen molar-refractivity contribution in [3.8, 4) is 0 Å². The molecule has 1 N–H and O–H groups in total. The van der Waals surface area contributed by atoms with E-state index in [1.165, 1.54) is 10.6 Å². The van der Waals surface area contributed by atoms with Gasteiger partial charge in [-0.1, -0.05) is 6.92 Å². The number of carbonyl (C=O) groups is 1. The van der Waals surface area contributed by atoms with Gasteiger partial charge in [0.25, 0.3) is 5.56 Å². The fourth-order valence-corrected chi connectivity index (χ4v) is 1.69. The lowest BCUT2D eigenvalue weighted by Gasteiger charge is -2.13. The van der Waals surface area contributed by atoms with Crippen LogP contribution in [0.4, 0.5) is 0 Å². The summed E-state index contributed by atoms with van der Waals surface area (Å²) in [5, 5.41) is 8.83. The zero-order valence-corrected chi connectivity index (χ0v) is 10.1. The highest BCUT2D eigenvalue weighted by molar-refractivity contribution is 9.10. The zero-order valence-electron chi connectivity index (χ0n) is 8.53. The number of pyridine rings is 1. The molecule has 0 fully saturated rings. The fourth-order valence-electron chi connectivity index (χ4n) is 1.24. The molecule has 0 aliphatic heterocycles. The molecule has 1 unspecified atom stereocenters. The zero-order chi connectivity index (χ0) is 11.6. The first-order valence-electron chi connectivity index (χ1n) is 4.62. The average molecular weight is 274 g/mol. The van der Waals surface area contributed by atoms with E-state index in [1.807, 2.05) is 13.8 Å². The van der Waals surface area contributed by atoms with Crippen LogP contribution in [0.5, 0.6) is 0 Å². The van der Waals surface area contributed by atoms with Crippen LogP contribution in [0, 0.1) is 0 Å². The van der Waals surface area contributed by atoms with Gasteiger partial charge in [-0.15, -0.1) is 0 Å². The van der Waals surface area contributed by atoms with Crippen LogP contribution in [0.3, 0.4) is 0 Å². The first kappa shape index (κ1) is 12.0. The number of hydrogen-bond acceptors (Lipinski definition) is 2. The molecule has 4 nitrogen and oxygen atoms in total. The van der Waals surface area contributed by atoms with Crippen molar-refractivity contribution >= 4 is 21.9 Å². The third-order valence-corrected chi connectivity index (χ3v) is 2.74. The van der Waals surface area contributed by atoms with Gasteiger partial charge < -0.3 is 9.67 Å². The molecule has 0 aliphatic rings. The number of carboxylic acids is 1. The lowest BCUT2D eigenvalue weighted by Crippen LogP contribution is -2.28. The number of halogens is 1. The third kappa shape index (κ3) is 2.47. The number of hydrogen-bond donors (Lipinski definition) is 1. The Labute approximate surface area is 95.7 Å². The van der Waals surface area contributed by atoms with E-state index in [1.54, 1.807) is 6.20 Å². The molecular weight excluding hydrogens is 262 g/mol. The Morgan fingerprint density at radius 2 is 2.27 bits per heavy atom. The molecule has 0 spiro atoms. The number of rotatable bonds is 3. The maximum absolute atomic E-state index is 11.7. The fraction of sp³-hybridized carbons (Fsp3) is 0.400. The van der Waals surface area contributed by atoms with E-state index in [-0.39, 0.29) is 11.6 Å². The summed E-state index contributed by atoms with van der Waals surface area (Å²) in [6, 6.07) is 1.32. The monoisotopic (exact) mass is 273 g/mol. The number of aromatic nitrogens is 1. The lowest BCUT2D eigenvalue weighted by atomic mass is 10.2. The molecule has 1 rings (SSSR count). The predicted molar refractivity (Wildman–Crippen MR) is 60.4 cm³/mol. The Bertz CT molecular complexity index is 439. The number of nitrogens with zero attached hydrogens (tertiary/aromatic N) is 1. The van der Waals surface area contributed by atoms with Gasteiger partial charge in [-0.05, 0) is 35.3 Å². The summed E-state index contributed by atoms with van der Waals surface area (Å²) in [4.78, 5) is 22.5. The number of carboxylic acid groups (broad SMARTS) is 1. The van der Waals surface area contributed by atoms with Gasteiger partial charge in [0.1, 0.15) is 5.56 Å². The van der Waals surface area contributed by atoms with E-state index in [0.29, 0.717) is 4.47 Å². The van der Waals surface area contributed by atoms with Crippen molar-refractivity contribution < 1.29 is 9.90 Å². The molecule has 0 aromatic carbocycles. The summed E-state index contributed by atoms with van der Waals surface area (Å²) in [5.74, 6) is -1.20. The Morgan fingerprint density at radius 3 is 2.73 bits per heavy atom. The van der Waals surface area contributed by atoms with Crippen molar-refractivity contribution in [1.82, 2.24) is 4.57 Å². The molecule has 0 aliphatic carbocycles. The molecule has 0 radical (unpaired) electrons. The van der Waals surface area contributed by atoms with Gasteiger partial charge in [-0.25, -0.2) is 4.79 Å². The Hall–Kier alpha value is -1.10. The SMILES string of the molecule is CCC(C)n1cc(Br)cc(C(=O)O)c1=O. The molecule has 1 heterocycles. The van der Waals surface area contributed by atoms with Crippen molar-refractivity contribution in [2.45, 2.75) is 26.3 Å². The molecule has 1 atom stereocenters. The van der Waals surface area contributed by atoms with Crippen LogP contribution in [-0.4, -0.2) is 15.6 Å². The standard InChI is InChI=1S/C10H12BrNO3/c1-3-6(2)12-5-7(11)4-8(9(12)13)10(14)15/h4-6H,3H2,1-2H3,(H,14,15). The molecule has 82 valence electrons. The van der Waals surface area contributed by atoms with E-state index < -0.39 is 11.5 Å². The van der Waals surface area contributed by atoms with Crippen molar-refractivity contribution in [3.63, 3.8) is 0 Å². The predicted octanol–water partition coefficient (Wildman–Crippen LogP) is 2.28. The first-order valence-corrected chi connectivity index (χ1v) is 5.41. The minimum absolute atomic E-state index is 0.00639. The maximum Gasteiger partial charge on any atom is 0.341 e. The van der Waals surface area contributed by atoms with Crippen LogP contribution >= 0.6 is 15.9 Å². The Balaban J connectivity index is 3.41. The molecule has 0 saturated heterocycles. The smallest absolute Gasteiger partial charge is 0.341 e. The largest absolute Gasteiger partial charge is 0.477 e. The van der Waals surface area contributed by atoms with Crippen LogP contribution in [0.25, 0.3) is 0 Å². The average Bonchev–Trinajstić information content (AvgIpc) is 2.19. The molecule has 5 heteroatoms. The second kappa shape index (κ2) is 4.61. The van der Waals surface area contributed by atoms with Gasteiger partial charge in [0.2, 0.25) is 0 Å². The van der Waals surface area contributed by atoms with E-state index in [0.717, 1.165) is 6.42 Å². The minimum Gasteiger partial charge on any atom is -0.477 e.